The topological polar surface area (TPSA) is 52.6 Å². The third kappa shape index (κ3) is 4.09. The van der Waals surface area contributed by atoms with Crippen molar-refractivity contribution in [2.24, 2.45) is 5.92 Å². The molecule has 2 rings (SSSR count). The van der Waals surface area contributed by atoms with Gasteiger partial charge < -0.3 is 9.47 Å². The molecule has 1 atom stereocenters. The molecule has 22 heavy (non-hydrogen) atoms. The minimum absolute atomic E-state index is 0.00496. The summed E-state index contributed by atoms with van der Waals surface area (Å²) in [7, 11) is 0. The van der Waals surface area contributed by atoms with E-state index in [1.165, 1.54) is 0 Å². The van der Waals surface area contributed by atoms with Gasteiger partial charge in [-0.15, -0.1) is 0 Å². The number of benzene rings is 1. The molecule has 0 amide bonds. The summed E-state index contributed by atoms with van der Waals surface area (Å²) < 4.78 is 11.4. The normalized spacial score (nSPS) is 18.3. The van der Waals surface area contributed by atoms with Crippen molar-refractivity contribution >= 4 is 11.8 Å². The van der Waals surface area contributed by atoms with Gasteiger partial charge in [0.1, 0.15) is 11.7 Å². The second kappa shape index (κ2) is 7.97. The van der Waals surface area contributed by atoms with Crippen LogP contribution in [0.5, 0.6) is 11.5 Å². The predicted octanol–water partition coefficient (Wildman–Crippen LogP) is 3.92. The van der Waals surface area contributed by atoms with Crippen molar-refractivity contribution in [2.75, 3.05) is 0 Å². The van der Waals surface area contributed by atoms with Crippen LogP contribution in [0.1, 0.15) is 52.4 Å². The zero-order valence-corrected chi connectivity index (χ0v) is 13.3. The molecule has 0 aromatic heterocycles. The van der Waals surface area contributed by atoms with Crippen LogP contribution in [0.3, 0.4) is 0 Å². The Bertz CT molecular complexity index is 520. The summed E-state index contributed by atoms with van der Waals surface area (Å²) in [5, 5.41) is 0. The highest BCUT2D eigenvalue weighted by Crippen LogP contribution is 2.30. The lowest BCUT2D eigenvalue weighted by atomic mass is 9.88. The number of para-hydroxylation sites is 2. The van der Waals surface area contributed by atoms with Crippen LogP contribution < -0.4 is 9.47 Å². The molecule has 0 aliphatic heterocycles. The van der Waals surface area contributed by atoms with E-state index in [0.717, 1.165) is 25.7 Å². The molecule has 120 valence electrons. The molecule has 1 fully saturated rings. The summed E-state index contributed by atoms with van der Waals surface area (Å²) in [6, 6.07) is 7.15. The maximum absolute atomic E-state index is 12.3. The molecule has 0 heterocycles. The number of hydrogen-bond acceptors (Lipinski definition) is 4. The van der Waals surface area contributed by atoms with Crippen molar-refractivity contribution in [1.82, 2.24) is 0 Å². The van der Waals surface area contributed by atoms with E-state index in [-0.39, 0.29) is 11.9 Å². The Balaban J connectivity index is 2.08. The number of ether oxygens (including phenoxy) is 2. The molecule has 1 aliphatic carbocycles. The molecule has 1 aliphatic rings. The fourth-order valence-electron chi connectivity index (χ4n) is 2.68. The van der Waals surface area contributed by atoms with Crippen molar-refractivity contribution in [3.05, 3.63) is 24.3 Å². The first kappa shape index (κ1) is 16.5. The summed E-state index contributed by atoms with van der Waals surface area (Å²) in [6.45, 7) is 4.12. The quantitative estimate of drug-likeness (QED) is 0.454. The van der Waals surface area contributed by atoms with Crippen molar-refractivity contribution in [2.45, 2.75) is 58.5 Å². The minimum Gasteiger partial charge on any atom is -0.487 e. The van der Waals surface area contributed by atoms with Gasteiger partial charge in [-0.05, 0) is 37.8 Å². The number of carbonyl (C=O) groups is 2. The molecular formula is C18H24O4. The number of rotatable bonds is 6. The van der Waals surface area contributed by atoms with Gasteiger partial charge in [0.2, 0.25) is 0 Å². The van der Waals surface area contributed by atoms with Gasteiger partial charge in [0.05, 0.1) is 6.10 Å². The molecular weight excluding hydrogens is 280 g/mol. The highest BCUT2D eigenvalue weighted by Gasteiger charge is 2.31. The van der Waals surface area contributed by atoms with E-state index < -0.39 is 11.9 Å². The average molecular weight is 304 g/mol. The van der Waals surface area contributed by atoms with E-state index in [0.29, 0.717) is 24.3 Å². The number of hydrogen-bond donors (Lipinski definition) is 0. The Morgan fingerprint density at radius 3 is 2.50 bits per heavy atom. The lowest BCUT2D eigenvalue weighted by molar-refractivity contribution is -0.145. The van der Waals surface area contributed by atoms with E-state index >= 15 is 0 Å². The lowest BCUT2D eigenvalue weighted by Gasteiger charge is -2.21. The Hall–Kier alpha value is -1.84. The van der Waals surface area contributed by atoms with Crippen LogP contribution >= 0.6 is 0 Å². The number of Topliss-reactive ketones (excluding diaryl/α,β-unsaturated/α-hetero) is 1. The zero-order chi connectivity index (χ0) is 15.9. The van der Waals surface area contributed by atoms with Crippen LogP contribution in [-0.2, 0) is 9.59 Å². The minimum atomic E-state index is -0.616. The summed E-state index contributed by atoms with van der Waals surface area (Å²) in [4.78, 5) is 24.1. The fraction of sp³-hybridized carbons (Fsp3) is 0.556. The Morgan fingerprint density at radius 1 is 1.18 bits per heavy atom. The van der Waals surface area contributed by atoms with Gasteiger partial charge in [-0.2, -0.15) is 0 Å². The first-order valence-corrected chi connectivity index (χ1v) is 8.15. The van der Waals surface area contributed by atoms with Gasteiger partial charge in [-0.25, -0.2) is 0 Å². The highest BCUT2D eigenvalue weighted by atomic mass is 16.6. The van der Waals surface area contributed by atoms with E-state index in [1.807, 2.05) is 6.07 Å². The summed E-state index contributed by atoms with van der Waals surface area (Å²) in [5.41, 5.74) is 0. The van der Waals surface area contributed by atoms with Crippen LogP contribution in [0.15, 0.2) is 24.3 Å². The van der Waals surface area contributed by atoms with Crippen LogP contribution in [-0.4, -0.2) is 17.9 Å². The van der Waals surface area contributed by atoms with Crippen molar-refractivity contribution in [1.29, 1.82) is 0 Å². The van der Waals surface area contributed by atoms with Crippen LogP contribution in [0, 0.1) is 5.92 Å². The molecule has 0 saturated heterocycles. The lowest BCUT2D eigenvalue weighted by Crippen LogP contribution is -2.30. The number of esters is 1. The largest absolute Gasteiger partial charge is 0.487 e. The Morgan fingerprint density at radius 2 is 1.86 bits per heavy atom. The van der Waals surface area contributed by atoms with Gasteiger partial charge in [0.15, 0.2) is 11.5 Å². The second-order valence-corrected chi connectivity index (χ2v) is 5.69. The van der Waals surface area contributed by atoms with Crippen LogP contribution in [0.2, 0.25) is 0 Å². The fourth-order valence-corrected chi connectivity index (χ4v) is 2.68. The van der Waals surface area contributed by atoms with E-state index in [4.69, 9.17) is 9.47 Å². The van der Waals surface area contributed by atoms with Crippen molar-refractivity contribution in [3.8, 4) is 11.5 Å². The van der Waals surface area contributed by atoms with E-state index in [1.54, 1.807) is 18.2 Å². The Kier molecular flexibility index (Phi) is 5.99. The van der Waals surface area contributed by atoms with Crippen LogP contribution in [0.4, 0.5) is 0 Å². The first-order chi connectivity index (χ1) is 10.7. The number of carbonyl (C=O) groups excluding carboxylic acids is 2. The molecule has 1 aromatic carbocycles. The molecule has 0 spiro atoms. The summed E-state index contributed by atoms with van der Waals surface area (Å²) in [5.74, 6) is -0.111. The predicted molar refractivity (Wildman–Crippen MR) is 84.0 cm³/mol. The van der Waals surface area contributed by atoms with Gasteiger partial charge in [0.25, 0.3) is 0 Å². The molecule has 4 heteroatoms. The third-order valence-corrected chi connectivity index (χ3v) is 4.10. The van der Waals surface area contributed by atoms with Gasteiger partial charge in [-0.1, -0.05) is 32.4 Å². The van der Waals surface area contributed by atoms with E-state index in [2.05, 4.69) is 13.8 Å². The monoisotopic (exact) mass is 304 g/mol. The molecule has 4 nitrogen and oxygen atoms in total. The van der Waals surface area contributed by atoms with Crippen molar-refractivity contribution in [3.63, 3.8) is 0 Å². The highest BCUT2D eigenvalue weighted by molar-refractivity contribution is 6.00. The maximum Gasteiger partial charge on any atom is 0.321 e. The average Bonchev–Trinajstić information content (AvgIpc) is 2.54. The van der Waals surface area contributed by atoms with Gasteiger partial charge in [-0.3, -0.25) is 9.59 Å². The van der Waals surface area contributed by atoms with Gasteiger partial charge >= 0.3 is 5.97 Å². The molecule has 0 radical (unpaired) electrons. The molecule has 1 unspecified atom stereocenters. The summed E-state index contributed by atoms with van der Waals surface area (Å²) >= 11 is 0. The maximum atomic E-state index is 12.3. The van der Waals surface area contributed by atoms with E-state index in [9.17, 15) is 9.59 Å². The molecule has 1 aromatic rings. The van der Waals surface area contributed by atoms with Crippen molar-refractivity contribution < 1.29 is 19.1 Å². The standard InChI is InChI=1S/C18H24O4/c1-3-13(4-2)21-16-11-7-8-12-17(16)22-18(20)14-9-5-6-10-15(14)19/h7-8,11-14H,3-6,9-10H2,1-2H3. The zero-order valence-electron chi connectivity index (χ0n) is 13.3. The molecule has 0 N–H and O–H groups in total. The Labute approximate surface area is 131 Å². The second-order valence-electron chi connectivity index (χ2n) is 5.69. The van der Waals surface area contributed by atoms with Crippen LogP contribution in [0.25, 0.3) is 0 Å². The smallest absolute Gasteiger partial charge is 0.321 e. The molecule has 1 saturated carbocycles. The third-order valence-electron chi connectivity index (χ3n) is 4.10. The SMILES string of the molecule is CCC(CC)Oc1ccccc1OC(=O)C1CCCCC1=O. The number of ketones is 1. The molecule has 0 bridgehead atoms. The van der Waals surface area contributed by atoms with Gasteiger partial charge in [0, 0.05) is 6.42 Å². The first-order valence-electron chi connectivity index (χ1n) is 8.15. The summed E-state index contributed by atoms with van der Waals surface area (Å²) in [6.07, 6.45) is 4.71.